The molecule has 1 aliphatic carbocycles. The molecule has 29 heavy (non-hydrogen) atoms. The second-order valence-electron chi connectivity index (χ2n) is 8.48. The zero-order chi connectivity index (χ0) is 20.2. The number of nitrogens with one attached hydrogen (secondary N) is 1. The highest BCUT2D eigenvalue weighted by Gasteiger charge is 2.28. The van der Waals surface area contributed by atoms with E-state index in [-0.39, 0.29) is 5.76 Å². The molecule has 4 rings (SSSR count). The average molecular weight is 393 g/mol. The number of hydrogen-bond donors (Lipinski definition) is 1. The van der Waals surface area contributed by atoms with Crippen molar-refractivity contribution < 1.29 is 4.42 Å². The maximum atomic E-state index is 11.4. The molecule has 1 saturated carbocycles. The number of benzene rings is 2. The summed E-state index contributed by atoms with van der Waals surface area (Å²) in [5.41, 5.74) is 4.21. The summed E-state index contributed by atoms with van der Waals surface area (Å²) in [6, 6.07) is 18.3. The van der Waals surface area contributed by atoms with E-state index in [9.17, 15) is 4.79 Å². The van der Waals surface area contributed by atoms with Gasteiger partial charge >= 0.3 is 5.76 Å². The molecule has 0 amide bonds. The number of aryl methyl sites for hydroxylation is 1. The van der Waals surface area contributed by atoms with E-state index in [0.717, 1.165) is 18.5 Å². The molecule has 1 aromatic heterocycles. The highest BCUT2D eigenvalue weighted by molar-refractivity contribution is 5.72. The fourth-order valence-electron chi connectivity index (χ4n) is 5.07. The van der Waals surface area contributed by atoms with Crippen LogP contribution in [0, 0.1) is 0 Å². The van der Waals surface area contributed by atoms with Gasteiger partial charge in [-0.25, -0.2) is 4.79 Å². The molecule has 0 bridgehead atoms. The lowest BCUT2D eigenvalue weighted by atomic mass is 9.80. The number of hydrogen-bond acceptors (Lipinski definition) is 3. The molecular formula is C25H32N2O2. The van der Waals surface area contributed by atoms with E-state index >= 15 is 0 Å². The first-order valence-electron chi connectivity index (χ1n) is 11.1. The zero-order valence-electron chi connectivity index (χ0n) is 17.6. The van der Waals surface area contributed by atoms with E-state index in [1.165, 1.54) is 43.2 Å². The average Bonchev–Trinajstić information content (AvgIpc) is 3.13. The quantitative estimate of drug-likeness (QED) is 0.578. The van der Waals surface area contributed by atoms with Crippen LogP contribution < -0.4 is 5.76 Å². The molecule has 0 radical (unpaired) electrons. The maximum absolute atomic E-state index is 11.4. The Morgan fingerprint density at radius 2 is 1.86 bits per heavy atom. The van der Waals surface area contributed by atoms with E-state index in [4.69, 9.17) is 4.42 Å². The smallest absolute Gasteiger partial charge is 0.408 e. The summed E-state index contributed by atoms with van der Waals surface area (Å²) in [6.45, 7) is 5.80. The Kier molecular flexibility index (Phi) is 6.19. The number of oxazole rings is 1. The molecule has 1 N–H and O–H groups in total. The summed E-state index contributed by atoms with van der Waals surface area (Å²) < 4.78 is 5.25. The van der Waals surface area contributed by atoms with Crippen LogP contribution in [0.3, 0.4) is 0 Å². The van der Waals surface area contributed by atoms with Crippen LogP contribution in [-0.4, -0.2) is 28.5 Å². The summed E-state index contributed by atoms with van der Waals surface area (Å²) >= 11 is 0. The van der Waals surface area contributed by atoms with Gasteiger partial charge in [0.2, 0.25) is 0 Å². The van der Waals surface area contributed by atoms with Gasteiger partial charge in [0.15, 0.2) is 5.58 Å². The standard InChI is InChI=1S/C25H32N2O2/c1-3-27(18(2)9-10-19-7-5-4-6-8-19)22-14-11-20(12-15-22)21-13-16-23-24(17-21)29-25(28)26-23/h4-8,13,16-18,20,22H,3,9-12,14-15H2,1-2H3,(H,26,28). The fourth-order valence-corrected chi connectivity index (χ4v) is 5.07. The van der Waals surface area contributed by atoms with Crippen LogP contribution in [0.25, 0.3) is 11.1 Å². The van der Waals surface area contributed by atoms with Crippen LogP contribution in [0.1, 0.15) is 63.0 Å². The number of rotatable bonds is 7. The number of nitrogens with zero attached hydrogens (tertiary/aromatic N) is 1. The van der Waals surface area contributed by atoms with Crippen molar-refractivity contribution >= 4 is 11.1 Å². The SMILES string of the molecule is CCN(C(C)CCc1ccccc1)C1CCC(c2ccc3[nH]c(=O)oc3c2)CC1. The maximum Gasteiger partial charge on any atom is 0.417 e. The highest BCUT2D eigenvalue weighted by atomic mass is 16.4. The topological polar surface area (TPSA) is 49.2 Å². The summed E-state index contributed by atoms with van der Waals surface area (Å²) in [5.74, 6) is 0.193. The van der Waals surface area contributed by atoms with Crippen LogP contribution in [0.4, 0.5) is 0 Å². The van der Waals surface area contributed by atoms with Crippen LogP contribution in [0.15, 0.2) is 57.7 Å². The van der Waals surface area contributed by atoms with Crippen molar-refractivity contribution in [1.82, 2.24) is 9.88 Å². The fraction of sp³-hybridized carbons (Fsp3) is 0.480. The molecule has 1 atom stereocenters. The lowest BCUT2D eigenvalue weighted by Crippen LogP contribution is -2.43. The summed E-state index contributed by atoms with van der Waals surface area (Å²) in [7, 11) is 0. The van der Waals surface area contributed by atoms with Crippen molar-refractivity contribution in [3.05, 3.63) is 70.2 Å². The molecule has 4 nitrogen and oxygen atoms in total. The Hall–Kier alpha value is -2.33. The zero-order valence-corrected chi connectivity index (χ0v) is 17.6. The summed E-state index contributed by atoms with van der Waals surface area (Å²) in [4.78, 5) is 16.8. The van der Waals surface area contributed by atoms with Crippen molar-refractivity contribution in [3.8, 4) is 0 Å². The predicted octanol–water partition coefficient (Wildman–Crippen LogP) is 5.49. The Balaban J connectivity index is 1.34. The third-order valence-electron chi connectivity index (χ3n) is 6.71. The summed E-state index contributed by atoms with van der Waals surface area (Å²) in [6.07, 6.45) is 7.24. The molecule has 0 spiro atoms. The third-order valence-corrected chi connectivity index (χ3v) is 6.71. The molecule has 2 aromatic carbocycles. The van der Waals surface area contributed by atoms with Gasteiger partial charge in [0.25, 0.3) is 0 Å². The molecular weight excluding hydrogens is 360 g/mol. The molecule has 3 aromatic rings. The lowest BCUT2D eigenvalue weighted by Gasteiger charge is -2.40. The third kappa shape index (κ3) is 4.64. The number of aromatic amines is 1. The molecule has 1 unspecified atom stereocenters. The predicted molar refractivity (Wildman–Crippen MR) is 118 cm³/mol. The lowest BCUT2D eigenvalue weighted by molar-refractivity contribution is 0.109. The Labute approximate surface area is 172 Å². The monoisotopic (exact) mass is 392 g/mol. The molecule has 0 saturated heterocycles. The van der Waals surface area contributed by atoms with Crippen molar-refractivity contribution in [2.75, 3.05) is 6.54 Å². The van der Waals surface area contributed by atoms with Crippen molar-refractivity contribution in [1.29, 1.82) is 0 Å². The Morgan fingerprint density at radius 1 is 1.10 bits per heavy atom. The molecule has 1 heterocycles. The van der Waals surface area contributed by atoms with Gasteiger partial charge in [0, 0.05) is 12.1 Å². The van der Waals surface area contributed by atoms with Gasteiger partial charge in [-0.1, -0.05) is 43.3 Å². The van der Waals surface area contributed by atoms with Crippen molar-refractivity contribution in [3.63, 3.8) is 0 Å². The van der Waals surface area contributed by atoms with Gasteiger partial charge in [0.05, 0.1) is 5.52 Å². The number of fused-ring (bicyclic) bond motifs is 1. The van der Waals surface area contributed by atoms with Gasteiger partial charge in [-0.2, -0.15) is 0 Å². The molecule has 0 aliphatic heterocycles. The minimum absolute atomic E-state index is 0.371. The van der Waals surface area contributed by atoms with Crippen molar-refractivity contribution in [2.45, 2.75) is 70.4 Å². The second-order valence-corrected chi connectivity index (χ2v) is 8.48. The van der Waals surface area contributed by atoms with E-state index in [0.29, 0.717) is 23.6 Å². The van der Waals surface area contributed by atoms with E-state index in [1.807, 2.05) is 6.07 Å². The Bertz CT molecular complexity index is 967. The molecule has 154 valence electrons. The molecule has 1 aliphatic rings. The van der Waals surface area contributed by atoms with Gasteiger partial charge in [-0.15, -0.1) is 0 Å². The van der Waals surface area contributed by atoms with E-state index in [1.54, 1.807) is 0 Å². The van der Waals surface area contributed by atoms with Gasteiger partial charge in [-0.05, 0) is 81.2 Å². The number of aromatic nitrogens is 1. The van der Waals surface area contributed by atoms with Gasteiger partial charge in [-0.3, -0.25) is 9.88 Å². The van der Waals surface area contributed by atoms with E-state index in [2.05, 4.69) is 66.2 Å². The van der Waals surface area contributed by atoms with Crippen LogP contribution in [0.2, 0.25) is 0 Å². The first-order valence-corrected chi connectivity index (χ1v) is 11.1. The summed E-state index contributed by atoms with van der Waals surface area (Å²) in [5, 5.41) is 0. The van der Waals surface area contributed by atoms with Crippen LogP contribution in [-0.2, 0) is 6.42 Å². The largest absolute Gasteiger partial charge is 0.417 e. The van der Waals surface area contributed by atoms with Crippen LogP contribution >= 0.6 is 0 Å². The Morgan fingerprint density at radius 3 is 2.59 bits per heavy atom. The van der Waals surface area contributed by atoms with Gasteiger partial charge < -0.3 is 4.42 Å². The van der Waals surface area contributed by atoms with Crippen LogP contribution in [0.5, 0.6) is 0 Å². The van der Waals surface area contributed by atoms with E-state index < -0.39 is 0 Å². The first-order chi connectivity index (χ1) is 14.1. The minimum Gasteiger partial charge on any atom is -0.408 e. The van der Waals surface area contributed by atoms with Crippen molar-refractivity contribution in [2.24, 2.45) is 0 Å². The second kappa shape index (κ2) is 9.00. The first kappa shape index (κ1) is 20.0. The highest BCUT2D eigenvalue weighted by Crippen LogP contribution is 2.36. The normalized spacial score (nSPS) is 20.9. The van der Waals surface area contributed by atoms with Gasteiger partial charge in [0.1, 0.15) is 0 Å². The molecule has 4 heteroatoms. The molecule has 1 fully saturated rings. The minimum atomic E-state index is -0.371. The number of H-pyrrole nitrogens is 1.